The smallest absolute Gasteiger partial charge is 0.222 e. The standard InChI is InChI=1S/C18H23N3O/c22-18(21-12-11-16-17(13-21)20-14-19-16)10-6-2-5-9-15-7-3-1-4-8-15/h1,3-4,7-8,14H,2,5-6,9-13H2,(H,19,20). The van der Waals surface area contributed by atoms with Gasteiger partial charge in [0.05, 0.1) is 24.3 Å². The fourth-order valence-electron chi connectivity index (χ4n) is 3.01. The molecule has 0 aliphatic carbocycles. The SMILES string of the molecule is O=C(CCCCCc1ccccc1)N1CCc2nc[nH]c2C1. The molecule has 0 bridgehead atoms. The Balaban J connectivity index is 1.35. The molecule has 1 amide bonds. The van der Waals surface area contributed by atoms with Crippen molar-refractivity contribution in [2.45, 2.75) is 45.1 Å². The molecule has 0 unspecified atom stereocenters. The fourth-order valence-corrected chi connectivity index (χ4v) is 3.01. The highest BCUT2D eigenvalue weighted by atomic mass is 16.2. The van der Waals surface area contributed by atoms with Crippen molar-refractivity contribution in [3.63, 3.8) is 0 Å². The van der Waals surface area contributed by atoms with Crippen LogP contribution >= 0.6 is 0 Å². The van der Waals surface area contributed by atoms with Crippen molar-refractivity contribution < 1.29 is 4.79 Å². The number of amides is 1. The Bertz CT molecular complexity index is 606. The zero-order chi connectivity index (χ0) is 15.2. The van der Waals surface area contributed by atoms with Crippen LogP contribution in [0.3, 0.4) is 0 Å². The predicted molar refractivity (Wildman–Crippen MR) is 86.3 cm³/mol. The van der Waals surface area contributed by atoms with Gasteiger partial charge in [0.15, 0.2) is 0 Å². The molecular formula is C18H23N3O. The van der Waals surface area contributed by atoms with E-state index < -0.39 is 0 Å². The first-order chi connectivity index (χ1) is 10.8. The molecule has 1 N–H and O–H groups in total. The van der Waals surface area contributed by atoms with Crippen LogP contribution in [-0.2, 0) is 24.2 Å². The van der Waals surface area contributed by atoms with Crippen LogP contribution < -0.4 is 0 Å². The number of benzene rings is 1. The number of nitrogens with one attached hydrogen (secondary N) is 1. The summed E-state index contributed by atoms with van der Waals surface area (Å²) in [6.45, 7) is 1.50. The summed E-state index contributed by atoms with van der Waals surface area (Å²) in [5, 5.41) is 0. The van der Waals surface area contributed by atoms with Crippen LogP contribution in [0.25, 0.3) is 0 Å². The van der Waals surface area contributed by atoms with Gasteiger partial charge in [-0.25, -0.2) is 4.98 Å². The molecule has 2 heterocycles. The van der Waals surface area contributed by atoms with Gasteiger partial charge < -0.3 is 9.88 Å². The molecule has 1 aliphatic heterocycles. The van der Waals surface area contributed by atoms with Crippen LogP contribution in [0.15, 0.2) is 36.7 Å². The summed E-state index contributed by atoms with van der Waals surface area (Å²) >= 11 is 0. The number of H-pyrrole nitrogens is 1. The summed E-state index contributed by atoms with van der Waals surface area (Å²) in [6.07, 6.45) is 7.62. The van der Waals surface area contributed by atoms with Gasteiger partial charge in [-0.05, 0) is 24.8 Å². The lowest BCUT2D eigenvalue weighted by molar-refractivity contribution is -0.132. The summed E-state index contributed by atoms with van der Waals surface area (Å²) in [4.78, 5) is 21.6. The molecule has 1 aromatic carbocycles. The lowest BCUT2D eigenvalue weighted by Gasteiger charge is -2.26. The number of aromatic amines is 1. The molecule has 0 saturated carbocycles. The predicted octanol–water partition coefficient (Wildman–Crippen LogP) is 3.10. The Kier molecular flexibility index (Phi) is 4.88. The van der Waals surface area contributed by atoms with E-state index in [1.54, 1.807) is 6.33 Å². The van der Waals surface area contributed by atoms with Crippen molar-refractivity contribution in [3.05, 3.63) is 53.6 Å². The lowest BCUT2D eigenvalue weighted by atomic mass is 10.1. The summed E-state index contributed by atoms with van der Waals surface area (Å²) < 4.78 is 0. The first-order valence-electron chi connectivity index (χ1n) is 8.16. The zero-order valence-corrected chi connectivity index (χ0v) is 12.9. The Morgan fingerprint density at radius 3 is 2.91 bits per heavy atom. The lowest BCUT2D eigenvalue weighted by Crippen LogP contribution is -2.35. The number of carbonyl (C=O) groups excluding carboxylic acids is 1. The largest absolute Gasteiger partial charge is 0.347 e. The topological polar surface area (TPSA) is 49.0 Å². The van der Waals surface area contributed by atoms with E-state index in [0.717, 1.165) is 50.0 Å². The Labute approximate surface area is 131 Å². The van der Waals surface area contributed by atoms with Gasteiger partial charge in [-0.3, -0.25) is 4.79 Å². The second-order valence-corrected chi connectivity index (χ2v) is 5.94. The number of imidazole rings is 1. The molecule has 1 aliphatic rings. The number of rotatable bonds is 6. The Morgan fingerprint density at radius 2 is 2.05 bits per heavy atom. The number of aryl methyl sites for hydroxylation is 1. The maximum atomic E-state index is 12.3. The van der Waals surface area contributed by atoms with E-state index in [9.17, 15) is 4.79 Å². The van der Waals surface area contributed by atoms with Crippen LogP contribution in [0.5, 0.6) is 0 Å². The minimum absolute atomic E-state index is 0.278. The van der Waals surface area contributed by atoms with Crippen molar-refractivity contribution in [1.29, 1.82) is 0 Å². The molecule has 3 rings (SSSR count). The normalized spacial score (nSPS) is 13.9. The summed E-state index contributed by atoms with van der Waals surface area (Å²) in [5.41, 5.74) is 3.60. The number of hydrogen-bond donors (Lipinski definition) is 1. The highest BCUT2D eigenvalue weighted by molar-refractivity contribution is 5.76. The number of hydrogen-bond acceptors (Lipinski definition) is 2. The maximum Gasteiger partial charge on any atom is 0.222 e. The number of nitrogens with zero attached hydrogens (tertiary/aromatic N) is 2. The van der Waals surface area contributed by atoms with Crippen molar-refractivity contribution in [2.75, 3.05) is 6.54 Å². The maximum absolute atomic E-state index is 12.3. The monoisotopic (exact) mass is 297 g/mol. The van der Waals surface area contributed by atoms with Crippen molar-refractivity contribution in [1.82, 2.24) is 14.9 Å². The van der Waals surface area contributed by atoms with Gasteiger partial charge in [-0.15, -0.1) is 0 Å². The van der Waals surface area contributed by atoms with Gasteiger partial charge in [0.1, 0.15) is 0 Å². The van der Waals surface area contributed by atoms with Crippen LogP contribution in [-0.4, -0.2) is 27.3 Å². The van der Waals surface area contributed by atoms with Crippen LogP contribution in [0.4, 0.5) is 0 Å². The van der Waals surface area contributed by atoms with Gasteiger partial charge in [0.25, 0.3) is 0 Å². The zero-order valence-electron chi connectivity index (χ0n) is 12.9. The molecule has 4 nitrogen and oxygen atoms in total. The summed E-state index contributed by atoms with van der Waals surface area (Å²) in [6, 6.07) is 10.5. The van der Waals surface area contributed by atoms with E-state index in [1.165, 1.54) is 5.56 Å². The van der Waals surface area contributed by atoms with Gasteiger partial charge in [0, 0.05) is 19.4 Å². The number of fused-ring (bicyclic) bond motifs is 1. The molecule has 22 heavy (non-hydrogen) atoms. The molecule has 0 radical (unpaired) electrons. The first kappa shape index (κ1) is 14.8. The second kappa shape index (κ2) is 7.25. The van der Waals surface area contributed by atoms with E-state index in [0.29, 0.717) is 13.0 Å². The average Bonchev–Trinajstić information content (AvgIpc) is 3.03. The molecule has 2 aromatic rings. The molecule has 0 fully saturated rings. The fraction of sp³-hybridized carbons (Fsp3) is 0.444. The average molecular weight is 297 g/mol. The minimum Gasteiger partial charge on any atom is -0.347 e. The van der Waals surface area contributed by atoms with E-state index in [-0.39, 0.29) is 5.91 Å². The second-order valence-electron chi connectivity index (χ2n) is 5.94. The third-order valence-corrected chi connectivity index (χ3v) is 4.33. The first-order valence-corrected chi connectivity index (χ1v) is 8.16. The van der Waals surface area contributed by atoms with E-state index in [4.69, 9.17) is 0 Å². The van der Waals surface area contributed by atoms with Gasteiger partial charge >= 0.3 is 0 Å². The van der Waals surface area contributed by atoms with Gasteiger partial charge in [-0.1, -0.05) is 36.8 Å². The van der Waals surface area contributed by atoms with E-state index in [1.807, 2.05) is 11.0 Å². The third kappa shape index (κ3) is 3.75. The van der Waals surface area contributed by atoms with Crippen molar-refractivity contribution in [3.8, 4) is 0 Å². The minimum atomic E-state index is 0.278. The number of aromatic nitrogens is 2. The molecule has 0 spiro atoms. The number of carbonyl (C=O) groups is 1. The van der Waals surface area contributed by atoms with Gasteiger partial charge in [-0.2, -0.15) is 0 Å². The highest BCUT2D eigenvalue weighted by Crippen LogP contribution is 2.16. The molecular weight excluding hydrogens is 274 g/mol. The summed E-state index contributed by atoms with van der Waals surface area (Å²) in [7, 11) is 0. The van der Waals surface area contributed by atoms with Crippen molar-refractivity contribution in [2.24, 2.45) is 0 Å². The molecule has 0 atom stereocenters. The number of unbranched alkanes of at least 4 members (excludes halogenated alkanes) is 2. The molecule has 1 aromatic heterocycles. The van der Waals surface area contributed by atoms with Crippen LogP contribution in [0.2, 0.25) is 0 Å². The quantitative estimate of drug-likeness (QED) is 0.833. The molecule has 4 heteroatoms. The van der Waals surface area contributed by atoms with Gasteiger partial charge in [0.2, 0.25) is 5.91 Å². The summed E-state index contributed by atoms with van der Waals surface area (Å²) in [5.74, 6) is 0.278. The van der Waals surface area contributed by atoms with Crippen LogP contribution in [0.1, 0.15) is 42.6 Å². The highest BCUT2D eigenvalue weighted by Gasteiger charge is 2.21. The van der Waals surface area contributed by atoms with E-state index in [2.05, 4.69) is 34.2 Å². The third-order valence-electron chi connectivity index (χ3n) is 4.33. The van der Waals surface area contributed by atoms with Crippen LogP contribution in [0, 0.1) is 0 Å². The van der Waals surface area contributed by atoms with E-state index >= 15 is 0 Å². The Morgan fingerprint density at radius 1 is 1.18 bits per heavy atom. The Hall–Kier alpha value is -2.10. The van der Waals surface area contributed by atoms with Crippen molar-refractivity contribution >= 4 is 5.91 Å². The molecule has 116 valence electrons. The molecule has 0 saturated heterocycles.